The van der Waals surface area contributed by atoms with Crippen LogP contribution < -0.4 is 0 Å². The number of nitrogens with zero attached hydrogens (tertiary/aromatic N) is 2. The number of benzene rings is 2. The van der Waals surface area contributed by atoms with Gasteiger partial charge >= 0.3 is 0 Å². The summed E-state index contributed by atoms with van der Waals surface area (Å²) in [6, 6.07) is 25.8. The van der Waals surface area contributed by atoms with Crippen LogP contribution in [-0.2, 0) is 0 Å². The summed E-state index contributed by atoms with van der Waals surface area (Å²) in [5.74, 6) is 0. The number of fused-ring (bicyclic) bond motifs is 1. The first-order valence-electron chi connectivity index (χ1n) is 7.39. The van der Waals surface area contributed by atoms with Crippen LogP contribution in [0, 0.1) is 0 Å². The number of aromatic nitrogens is 2. The van der Waals surface area contributed by atoms with E-state index in [-0.39, 0.29) is 0 Å². The predicted molar refractivity (Wildman–Crippen MR) is 95.4 cm³/mol. The van der Waals surface area contributed by atoms with Crippen molar-refractivity contribution in [1.82, 2.24) is 9.97 Å². The molecule has 4 rings (SSSR count). The summed E-state index contributed by atoms with van der Waals surface area (Å²) in [4.78, 5) is 9.45. The zero-order valence-corrected chi connectivity index (χ0v) is 13.0. The summed E-state index contributed by atoms with van der Waals surface area (Å²) in [6.45, 7) is 0. The number of halogens is 1. The standard InChI is InChI=1S/C20H13ClN2/c21-16-7-3-6-15(13-16)18-9-4-10-19(23-18)20-12-11-14-5-1-2-8-17(14)22-20/h1-13H. The molecule has 0 amide bonds. The van der Waals surface area contributed by atoms with Gasteiger partial charge in [-0.1, -0.05) is 54.1 Å². The Labute approximate surface area is 139 Å². The fraction of sp³-hybridized carbons (Fsp3) is 0. The second-order valence-electron chi connectivity index (χ2n) is 5.31. The Morgan fingerprint density at radius 3 is 2.30 bits per heavy atom. The van der Waals surface area contributed by atoms with Gasteiger partial charge in [0.25, 0.3) is 0 Å². The van der Waals surface area contributed by atoms with Gasteiger partial charge in [0.15, 0.2) is 0 Å². The van der Waals surface area contributed by atoms with E-state index in [1.54, 1.807) is 0 Å². The van der Waals surface area contributed by atoms with Crippen molar-refractivity contribution in [2.75, 3.05) is 0 Å². The summed E-state index contributed by atoms with van der Waals surface area (Å²) >= 11 is 6.08. The maximum absolute atomic E-state index is 6.08. The van der Waals surface area contributed by atoms with Gasteiger partial charge in [-0.05, 0) is 36.4 Å². The molecule has 0 saturated heterocycles. The molecular weight excluding hydrogens is 304 g/mol. The van der Waals surface area contributed by atoms with Crippen molar-refractivity contribution in [2.24, 2.45) is 0 Å². The van der Waals surface area contributed by atoms with E-state index in [9.17, 15) is 0 Å². The molecule has 2 heterocycles. The van der Waals surface area contributed by atoms with Crippen molar-refractivity contribution in [3.8, 4) is 22.6 Å². The van der Waals surface area contributed by atoms with Gasteiger partial charge in [-0.25, -0.2) is 9.97 Å². The summed E-state index contributed by atoms with van der Waals surface area (Å²) in [7, 11) is 0. The van der Waals surface area contributed by atoms with Crippen molar-refractivity contribution in [3.63, 3.8) is 0 Å². The van der Waals surface area contributed by atoms with Gasteiger partial charge in [0.2, 0.25) is 0 Å². The van der Waals surface area contributed by atoms with Gasteiger partial charge in [-0.2, -0.15) is 0 Å². The van der Waals surface area contributed by atoms with E-state index >= 15 is 0 Å². The number of rotatable bonds is 2. The molecule has 2 aromatic heterocycles. The molecule has 0 bridgehead atoms. The Kier molecular flexibility index (Phi) is 3.52. The van der Waals surface area contributed by atoms with E-state index < -0.39 is 0 Å². The van der Waals surface area contributed by atoms with Crippen LogP contribution in [0.4, 0.5) is 0 Å². The highest BCUT2D eigenvalue weighted by atomic mass is 35.5. The highest BCUT2D eigenvalue weighted by molar-refractivity contribution is 6.30. The van der Waals surface area contributed by atoms with E-state index in [1.165, 1.54) is 0 Å². The normalized spacial score (nSPS) is 10.8. The molecule has 0 radical (unpaired) electrons. The van der Waals surface area contributed by atoms with Crippen LogP contribution in [0.25, 0.3) is 33.5 Å². The van der Waals surface area contributed by atoms with Crippen LogP contribution in [0.15, 0.2) is 78.9 Å². The van der Waals surface area contributed by atoms with Crippen molar-refractivity contribution in [1.29, 1.82) is 0 Å². The van der Waals surface area contributed by atoms with E-state index in [0.29, 0.717) is 5.02 Å². The Bertz CT molecular complexity index is 995. The van der Waals surface area contributed by atoms with Gasteiger partial charge < -0.3 is 0 Å². The monoisotopic (exact) mass is 316 g/mol. The summed E-state index contributed by atoms with van der Waals surface area (Å²) in [5.41, 5.74) is 4.58. The third-order valence-corrected chi connectivity index (χ3v) is 3.97. The molecule has 0 aliphatic rings. The Morgan fingerprint density at radius 2 is 1.39 bits per heavy atom. The molecule has 3 heteroatoms. The molecule has 23 heavy (non-hydrogen) atoms. The molecule has 0 saturated carbocycles. The van der Waals surface area contributed by atoms with E-state index in [2.05, 4.69) is 12.1 Å². The molecule has 0 unspecified atom stereocenters. The first-order valence-corrected chi connectivity index (χ1v) is 7.76. The van der Waals surface area contributed by atoms with Crippen LogP contribution in [0.3, 0.4) is 0 Å². The molecule has 0 spiro atoms. The Balaban J connectivity index is 1.81. The number of pyridine rings is 2. The van der Waals surface area contributed by atoms with Gasteiger partial charge in [0.1, 0.15) is 0 Å². The molecule has 0 N–H and O–H groups in total. The number of para-hydroxylation sites is 1. The fourth-order valence-corrected chi connectivity index (χ4v) is 2.78. The first kappa shape index (κ1) is 13.9. The van der Waals surface area contributed by atoms with Crippen molar-refractivity contribution in [2.45, 2.75) is 0 Å². The number of hydrogen-bond donors (Lipinski definition) is 0. The maximum atomic E-state index is 6.08. The quantitative estimate of drug-likeness (QED) is 0.480. The molecular formula is C20H13ClN2. The zero-order valence-electron chi connectivity index (χ0n) is 12.3. The largest absolute Gasteiger partial charge is 0.246 e. The lowest BCUT2D eigenvalue weighted by Crippen LogP contribution is -1.90. The summed E-state index contributed by atoms with van der Waals surface area (Å²) in [6.07, 6.45) is 0. The van der Waals surface area contributed by atoms with Gasteiger partial charge in [-0.3, -0.25) is 0 Å². The number of hydrogen-bond acceptors (Lipinski definition) is 2. The van der Waals surface area contributed by atoms with Crippen molar-refractivity contribution in [3.05, 3.63) is 83.9 Å². The van der Waals surface area contributed by atoms with Crippen LogP contribution >= 0.6 is 11.6 Å². The second kappa shape index (κ2) is 5.82. The molecule has 2 nitrogen and oxygen atoms in total. The van der Waals surface area contributed by atoms with E-state index in [0.717, 1.165) is 33.5 Å². The Morgan fingerprint density at radius 1 is 0.609 bits per heavy atom. The topological polar surface area (TPSA) is 25.8 Å². The average Bonchev–Trinajstić information content (AvgIpc) is 2.61. The molecule has 110 valence electrons. The molecule has 0 atom stereocenters. The van der Waals surface area contributed by atoms with Gasteiger partial charge in [0, 0.05) is 16.0 Å². The lowest BCUT2D eigenvalue weighted by Gasteiger charge is -2.06. The molecule has 4 aromatic rings. The minimum Gasteiger partial charge on any atom is -0.246 e. The second-order valence-corrected chi connectivity index (χ2v) is 5.74. The fourth-order valence-electron chi connectivity index (χ4n) is 2.59. The van der Waals surface area contributed by atoms with E-state index in [1.807, 2.05) is 66.7 Å². The summed E-state index contributed by atoms with van der Waals surface area (Å²) in [5, 5.41) is 1.83. The minimum absolute atomic E-state index is 0.707. The lowest BCUT2D eigenvalue weighted by molar-refractivity contribution is 1.28. The third-order valence-electron chi connectivity index (χ3n) is 3.73. The predicted octanol–water partition coefficient (Wildman–Crippen LogP) is 5.62. The van der Waals surface area contributed by atoms with Crippen LogP contribution in [0.1, 0.15) is 0 Å². The van der Waals surface area contributed by atoms with Crippen molar-refractivity contribution >= 4 is 22.5 Å². The lowest BCUT2D eigenvalue weighted by atomic mass is 10.1. The van der Waals surface area contributed by atoms with Crippen molar-refractivity contribution < 1.29 is 0 Å². The smallest absolute Gasteiger partial charge is 0.0894 e. The third kappa shape index (κ3) is 2.81. The van der Waals surface area contributed by atoms with Crippen LogP contribution in [-0.4, -0.2) is 9.97 Å². The van der Waals surface area contributed by atoms with Gasteiger partial charge in [0.05, 0.1) is 22.6 Å². The molecule has 0 fully saturated rings. The maximum Gasteiger partial charge on any atom is 0.0894 e. The van der Waals surface area contributed by atoms with E-state index in [4.69, 9.17) is 21.6 Å². The SMILES string of the molecule is Clc1cccc(-c2cccc(-c3ccc4ccccc4n3)n2)c1. The zero-order chi connectivity index (χ0) is 15.6. The molecule has 2 aromatic carbocycles. The average molecular weight is 317 g/mol. The molecule has 0 aliphatic heterocycles. The van der Waals surface area contributed by atoms with Crippen LogP contribution in [0.2, 0.25) is 5.02 Å². The first-order chi connectivity index (χ1) is 11.3. The highest BCUT2D eigenvalue weighted by Gasteiger charge is 2.06. The van der Waals surface area contributed by atoms with Crippen LogP contribution in [0.5, 0.6) is 0 Å². The minimum atomic E-state index is 0.707. The summed E-state index contributed by atoms with van der Waals surface area (Å²) < 4.78 is 0. The highest BCUT2D eigenvalue weighted by Crippen LogP contribution is 2.25. The molecule has 0 aliphatic carbocycles. The van der Waals surface area contributed by atoms with Gasteiger partial charge in [-0.15, -0.1) is 0 Å². The Hall–Kier alpha value is -2.71.